The summed E-state index contributed by atoms with van der Waals surface area (Å²) >= 11 is 5.91. The monoisotopic (exact) mass is 772 g/mol. The fraction of sp³-hybridized carbons (Fsp3) is 0.300. The second kappa shape index (κ2) is 17.0. The molecule has 1 unspecified atom stereocenters. The van der Waals surface area contributed by atoms with Gasteiger partial charge in [0.1, 0.15) is 18.3 Å². The van der Waals surface area contributed by atoms with Crippen molar-refractivity contribution in [3.63, 3.8) is 0 Å². The molecule has 4 aromatic carbocycles. The molecule has 0 radical (unpaired) electrons. The number of rotatable bonds is 12. The highest BCUT2D eigenvalue weighted by molar-refractivity contribution is 7.80. The van der Waals surface area contributed by atoms with Crippen LogP contribution in [0.5, 0.6) is 0 Å². The van der Waals surface area contributed by atoms with E-state index < -0.39 is 86.2 Å². The van der Waals surface area contributed by atoms with Crippen LogP contribution in [0.4, 0.5) is 5.69 Å². The van der Waals surface area contributed by atoms with Crippen molar-refractivity contribution in [3.05, 3.63) is 138 Å². The summed E-state index contributed by atoms with van der Waals surface area (Å²) in [5, 5.41) is 54.8. The summed E-state index contributed by atoms with van der Waals surface area (Å²) in [4.78, 5) is 43.4. The van der Waals surface area contributed by atoms with Gasteiger partial charge in [0.25, 0.3) is 0 Å². The van der Waals surface area contributed by atoms with Crippen LogP contribution < -0.4 is 4.90 Å². The summed E-state index contributed by atoms with van der Waals surface area (Å²) in [5.41, 5.74) is -0.899. The molecule has 5 N–H and O–H groups in total. The summed E-state index contributed by atoms with van der Waals surface area (Å²) in [5.74, 6) is -2.61. The van der Waals surface area contributed by atoms with E-state index in [1.807, 2.05) is 6.92 Å². The third-order valence-corrected chi connectivity index (χ3v) is 9.82. The first kappa shape index (κ1) is 39.4. The fourth-order valence-electron chi connectivity index (χ4n) is 6.41. The SMILES string of the molecule is Cc1ccc(N2CC(O)([C@@H](O)[C@H](O)[C@H](O)CO)N([C@@H]3OC[C@@H](OC(=O)c4ccccc4)[C@@H](OC(=O)c4ccccc4)[C@H]3OC(=O)c3ccccc3)C2=S)cc1. The first-order chi connectivity index (χ1) is 26.4. The Hall–Kier alpha value is -5.26. The standard InChI is InChI=1S/C40H40N2O12S/c1-24-17-19-28(20-18-24)41-23-40(50,34(46)31(45)29(44)21-43)42(39(41)55)35-33(54-38(49)27-15-9-4-10-16-27)32(53-37(48)26-13-7-3-8-14-26)30(22-51-35)52-36(47)25-11-5-2-6-12-25/h2-20,29-35,43-46,50H,21-23H2,1H3/t29-,30-,31-,32-,33-,34+,35-,40?/m1/s1. The average Bonchev–Trinajstić information content (AvgIpc) is 3.49. The minimum atomic E-state index is -2.62. The van der Waals surface area contributed by atoms with Crippen LogP contribution in [0, 0.1) is 6.92 Å². The molecule has 0 aliphatic carbocycles. The molecule has 2 aliphatic heterocycles. The molecular formula is C40H40N2O12S. The van der Waals surface area contributed by atoms with E-state index in [4.69, 9.17) is 31.2 Å². The second-order valence-electron chi connectivity index (χ2n) is 13.1. The third-order valence-electron chi connectivity index (χ3n) is 9.40. The van der Waals surface area contributed by atoms with Crippen molar-refractivity contribution in [1.29, 1.82) is 0 Å². The van der Waals surface area contributed by atoms with E-state index in [0.29, 0.717) is 5.69 Å². The molecule has 0 bridgehead atoms. The van der Waals surface area contributed by atoms with Crippen LogP contribution in [0.2, 0.25) is 0 Å². The molecular weight excluding hydrogens is 733 g/mol. The minimum Gasteiger partial charge on any atom is -0.452 e. The predicted molar refractivity (Wildman–Crippen MR) is 200 cm³/mol. The van der Waals surface area contributed by atoms with Crippen molar-refractivity contribution in [1.82, 2.24) is 4.90 Å². The Labute approximate surface area is 321 Å². The molecule has 0 aromatic heterocycles. The molecule has 8 atom stereocenters. The number of hydrogen-bond acceptors (Lipinski definition) is 13. The highest BCUT2D eigenvalue weighted by Crippen LogP contribution is 2.40. The lowest BCUT2D eigenvalue weighted by Gasteiger charge is -2.48. The summed E-state index contributed by atoms with van der Waals surface area (Å²) in [6.45, 7) is -0.132. The van der Waals surface area contributed by atoms with Crippen molar-refractivity contribution in [2.75, 3.05) is 24.7 Å². The van der Waals surface area contributed by atoms with E-state index in [0.717, 1.165) is 10.5 Å². The zero-order valence-electron chi connectivity index (χ0n) is 29.5. The van der Waals surface area contributed by atoms with Gasteiger partial charge in [-0.1, -0.05) is 72.3 Å². The van der Waals surface area contributed by atoms with Crippen molar-refractivity contribution in [2.24, 2.45) is 0 Å². The molecule has 2 saturated heterocycles. The Bertz CT molecular complexity index is 1960. The van der Waals surface area contributed by atoms with Crippen LogP contribution in [-0.2, 0) is 18.9 Å². The number of aryl methyl sites for hydroxylation is 1. The van der Waals surface area contributed by atoms with Crippen LogP contribution in [0.15, 0.2) is 115 Å². The van der Waals surface area contributed by atoms with E-state index in [-0.39, 0.29) is 21.8 Å². The molecule has 0 spiro atoms. The maximum absolute atomic E-state index is 13.9. The Balaban J connectivity index is 1.47. The molecule has 2 aliphatic rings. The molecule has 0 amide bonds. The number of carbonyl (C=O) groups excluding carboxylic acids is 3. The number of esters is 3. The lowest BCUT2D eigenvalue weighted by atomic mass is 9.94. The Morgan fingerprint density at radius 2 is 1.24 bits per heavy atom. The number of carbonyl (C=O) groups is 3. The van der Waals surface area contributed by atoms with Gasteiger partial charge in [0.15, 0.2) is 35.4 Å². The van der Waals surface area contributed by atoms with Gasteiger partial charge in [-0.25, -0.2) is 14.4 Å². The van der Waals surface area contributed by atoms with Crippen LogP contribution in [-0.4, -0.2) is 122 Å². The van der Waals surface area contributed by atoms with E-state index in [1.54, 1.807) is 78.9 Å². The zero-order chi connectivity index (χ0) is 39.3. The maximum atomic E-state index is 13.9. The number of benzene rings is 4. The fourth-order valence-corrected chi connectivity index (χ4v) is 6.85. The number of hydrogen-bond donors (Lipinski definition) is 5. The first-order valence-corrected chi connectivity index (χ1v) is 17.8. The number of aliphatic hydroxyl groups is 5. The number of β-amino-alcohol motifs (C(OH)–C–C–N with tert-alkyl or cyclic N) is 1. The molecule has 288 valence electrons. The maximum Gasteiger partial charge on any atom is 0.338 e. The van der Waals surface area contributed by atoms with Crippen LogP contribution in [0.3, 0.4) is 0 Å². The van der Waals surface area contributed by atoms with Gasteiger partial charge in [-0.05, 0) is 67.7 Å². The van der Waals surface area contributed by atoms with E-state index in [9.17, 15) is 39.9 Å². The highest BCUT2D eigenvalue weighted by Gasteiger charge is 2.62. The minimum absolute atomic E-state index is 0.0832. The first-order valence-electron chi connectivity index (χ1n) is 17.4. The van der Waals surface area contributed by atoms with Gasteiger partial charge < -0.3 is 49.4 Å². The third kappa shape index (κ3) is 8.38. The number of thiocarbonyl (C=S) groups is 1. The van der Waals surface area contributed by atoms with E-state index in [1.165, 1.54) is 41.3 Å². The van der Waals surface area contributed by atoms with Crippen molar-refractivity contribution in [2.45, 2.75) is 55.5 Å². The number of anilines is 1. The topological polar surface area (TPSA) is 196 Å². The number of nitrogens with zero attached hydrogens (tertiary/aromatic N) is 2. The average molecular weight is 773 g/mol. The predicted octanol–water partition coefficient (Wildman–Crippen LogP) is 2.20. The molecule has 2 heterocycles. The summed E-state index contributed by atoms with van der Waals surface area (Å²) < 4.78 is 24.2. The van der Waals surface area contributed by atoms with E-state index >= 15 is 0 Å². The van der Waals surface area contributed by atoms with Gasteiger partial charge in [0.05, 0.1) is 36.4 Å². The summed E-state index contributed by atoms with van der Waals surface area (Å²) in [6, 6.07) is 30.7. The van der Waals surface area contributed by atoms with E-state index in [2.05, 4.69) is 0 Å². The Morgan fingerprint density at radius 1 is 0.764 bits per heavy atom. The molecule has 55 heavy (non-hydrogen) atoms. The molecule has 14 nitrogen and oxygen atoms in total. The molecule has 2 fully saturated rings. The largest absolute Gasteiger partial charge is 0.452 e. The molecule has 0 saturated carbocycles. The van der Waals surface area contributed by atoms with Gasteiger partial charge in [-0.2, -0.15) is 0 Å². The van der Waals surface area contributed by atoms with Gasteiger partial charge in [0, 0.05) is 5.69 Å². The van der Waals surface area contributed by atoms with Gasteiger partial charge in [-0.3, -0.25) is 4.90 Å². The lowest BCUT2D eigenvalue weighted by Crippen LogP contribution is -2.70. The second-order valence-corrected chi connectivity index (χ2v) is 13.5. The normalized spacial score (nSPS) is 24.1. The summed E-state index contributed by atoms with van der Waals surface area (Å²) in [7, 11) is 0. The highest BCUT2D eigenvalue weighted by atomic mass is 32.1. The van der Waals surface area contributed by atoms with Crippen molar-refractivity contribution < 1.29 is 58.9 Å². The molecule has 6 rings (SSSR count). The zero-order valence-corrected chi connectivity index (χ0v) is 30.3. The Morgan fingerprint density at radius 3 is 1.73 bits per heavy atom. The van der Waals surface area contributed by atoms with Crippen LogP contribution in [0.25, 0.3) is 0 Å². The molecule has 15 heteroatoms. The number of aliphatic hydroxyl groups excluding tert-OH is 4. The summed E-state index contributed by atoms with van der Waals surface area (Å²) in [6.07, 6.45) is -12.8. The van der Waals surface area contributed by atoms with Crippen molar-refractivity contribution >= 4 is 40.9 Å². The quantitative estimate of drug-likeness (QED) is 0.0799. The lowest BCUT2D eigenvalue weighted by molar-refractivity contribution is -0.270. The smallest absolute Gasteiger partial charge is 0.338 e. The van der Waals surface area contributed by atoms with Crippen LogP contribution >= 0.6 is 12.2 Å². The molecule has 4 aromatic rings. The van der Waals surface area contributed by atoms with Gasteiger partial charge in [-0.15, -0.1) is 0 Å². The van der Waals surface area contributed by atoms with Gasteiger partial charge in [0.2, 0.25) is 0 Å². The Kier molecular flexibility index (Phi) is 12.2. The van der Waals surface area contributed by atoms with Gasteiger partial charge >= 0.3 is 17.9 Å². The number of ether oxygens (including phenoxy) is 4. The van der Waals surface area contributed by atoms with Crippen LogP contribution in [0.1, 0.15) is 36.6 Å². The van der Waals surface area contributed by atoms with Crippen molar-refractivity contribution in [3.8, 4) is 0 Å².